The van der Waals surface area contributed by atoms with Crippen LogP contribution in [-0.2, 0) is 10.0 Å². The summed E-state index contributed by atoms with van der Waals surface area (Å²) in [6.45, 7) is 2.82. The molecule has 0 bridgehead atoms. The van der Waals surface area contributed by atoms with Crippen LogP contribution in [0.1, 0.15) is 41.6 Å². The molecule has 1 fully saturated rings. The number of carbonyl (C=O) groups excluding carboxylic acids is 1. The molecule has 6 nitrogen and oxygen atoms in total. The minimum atomic E-state index is -3.76. The van der Waals surface area contributed by atoms with Gasteiger partial charge in [0.25, 0.3) is 5.91 Å². The lowest BCUT2D eigenvalue weighted by Gasteiger charge is -2.21. The van der Waals surface area contributed by atoms with Crippen molar-refractivity contribution in [2.75, 3.05) is 25.5 Å². The first-order valence-electron chi connectivity index (χ1n) is 9.58. The maximum Gasteiger partial charge on any atom is 0.255 e. The molecule has 1 saturated heterocycles. The van der Waals surface area contributed by atoms with Gasteiger partial charge in [0.15, 0.2) is 0 Å². The molecule has 0 aromatic heterocycles. The second kappa shape index (κ2) is 9.15. The smallest absolute Gasteiger partial charge is 0.255 e. The van der Waals surface area contributed by atoms with Crippen molar-refractivity contribution < 1.29 is 17.9 Å². The standard InChI is InChI=1S/C21H25ClN2O4S/c1-15-7-9-17(14-18(15)22)23-21(25)16-8-10-19(28-2)20(13-16)29(26,27)24-11-5-3-4-6-12-24/h7-10,13-14H,3-6,11-12H2,1-2H3,(H,23,25). The van der Waals surface area contributed by atoms with Gasteiger partial charge in [-0.15, -0.1) is 0 Å². The highest BCUT2D eigenvalue weighted by Crippen LogP contribution is 2.30. The molecule has 0 aliphatic carbocycles. The van der Waals surface area contributed by atoms with Gasteiger partial charge in [0, 0.05) is 29.4 Å². The lowest BCUT2D eigenvalue weighted by Crippen LogP contribution is -2.32. The summed E-state index contributed by atoms with van der Waals surface area (Å²) in [6, 6.07) is 9.66. The van der Waals surface area contributed by atoms with Crippen LogP contribution in [0.5, 0.6) is 5.75 Å². The second-order valence-electron chi connectivity index (χ2n) is 7.10. The van der Waals surface area contributed by atoms with Crippen LogP contribution in [-0.4, -0.2) is 38.8 Å². The summed E-state index contributed by atoms with van der Waals surface area (Å²) in [5.41, 5.74) is 1.68. The third kappa shape index (κ3) is 4.91. The fourth-order valence-electron chi connectivity index (χ4n) is 3.31. The van der Waals surface area contributed by atoms with E-state index in [0.717, 1.165) is 31.2 Å². The molecule has 29 heavy (non-hydrogen) atoms. The van der Waals surface area contributed by atoms with E-state index in [1.165, 1.54) is 23.5 Å². The van der Waals surface area contributed by atoms with E-state index >= 15 is 0 Å². The number of carbonyl (C=O) groups is 1. The summed E-state index contributed by atoms with van der Waals surface area (Å²) < 4.78 is 33.2. The number of aryl methyl sites for hydroxylation is 1. The quantitative estimate of drug-likeness (QED) is 0.750. The molecule has 3 rings (SSSR count). The molecule has 1 aliphatic rings. The lowest BCUT2D eigenvalue weighted by atomic mass is 10.2. The number of amides is 1. The maximum atomic E-state index is 13.2. The Balaban J connectivity index is 1.91. The third-order valence-electron chi connectivity index (χ3n) is 5.04. The van der Waals surface area contributed by atoms with Gasteiger partial charge in [-0.1, -0.05) is 30.5 Å². The number of nitrogens with zero attached hydrogens (tertiary/aromatic N) is 1. The molecule has 1 N–H and O–H groups in total. The Morgan fingerprint density at radius 1 is 1.07 bits per heavy atom. The topological polar surface area (TPSA) is 75.7 Å². The lowest BCUT2D eigenvalue weighted by molar-refractivity contribution is 0.102. The number of benzene rings is 2. The summed E-state index contributed by atoms with van der Waals surface area (Å²) in [6.07, 6.45) is 3.70. The van der Waals surface area contributed by atoms with Gasteiger partial charge in [-0.25, -0.2) is 8.42 Å². The van der Waals surface area contributed by atoms with Crippen molar-refractivity contribution >= 4 is 33.2 Å². The van der Waals surface area contributed by atoms with Gasteiger partial charge in [0.05, 0.1) is 7.11 Å². The molecule has 0 saturated carbocycles. The van der Waals surface area contributed by atoms with Gasteiger partial charge >= 0.3 is 0 Å². The van der Waals surface area contributed by atoms with E-state index in [4.69, 9.17) is 16.3 Å². The monoisotopic (exact) mass is 436 g/mol. The maximum absolute atomic E-state index is 13.2. The fourth-order valence-corrected chi connectivity index (χ4v) is 5.19. The molecule has 2 aromatic rings. The minimum Gasteiger partial charge on any atom is -0.495 e. The molecular weight excluding hydrogens is 412 g/mol. The predicted molar refractivity (Wildman–Crippen MR) is 114 cm³/mol. The fraction of sp³-hybridized carbons (Fsp3) is 0.381. The van der Waals surface area contributed by atoms with Crippen LogP contribution in [0.4, 0.5) is 5.69 Å². The Morgan fingerprint density at radius 2 is 1.76 bits per heavy atom. The number of anilines is 1. The van der Waals surface area contributed by atoms with E-state index in [9.17, 15) is 13.2 Å². The summed E-state index contributed by atoms with van der Waals surface area (Å²) in [7, 11) is -2.34. The van der Waals surface area contributed by atoms with Gasteiger partial charge < -0.3 is 10.1 Å². The molecule has 0 atom stereocenters. The largest absolute Gasteiger partial charge is 0.495 e. The zero-order valence-electron chi connectivity index (χ0n) is 16.6. The van der Waals surface area contributed by atoms with E-state index < -0.39 is 15.9 Å². The molecule has 2 aromatic carbocycles. The number of hydrogen-bond donors (Lipinski definition) is 1. The average molecular weight is 437 g/mol. The summed E-state index contributed by atoms with van der Waals surface area (Å²) >= 11 is 6.11. The second-order valence-corrected chi connectivity index (χ2v) is 9.42. The van der Waals surface area contributed by atoms with Crippen LogP contribution in [0, 0.1) is 6.92 Å². The first kappa shape index (κ1) is 21.6. The number of nitrogens with one attached hydrogen (secondary N) is 1. The van der Waals surface area contributed by atoms with Gasteiger partial charge in [-0.05, 0) is 55.7 Å². The number of rotatable bonds is 5. The molecular formula is C21H25ClN2O4S. The molecule has 1 amide bonds. The van der Waals surface area contributed by atoms with Crippen molar-refractivity contribution in [3.8, 4) is 5.75 Å². The number of methoxy groups -OCH3 is 1. The Morgan fingerprint density at radius 3 is 2.38 bits per heavy atom. The molecule has 0 unspecified atom stereocenters. The van der Waals surface area contributed by atoms with Crippen molar-refractivity contribution in [2.24, 2.45) is 0 Å². The van der Waals surface area contributed by atoms with Gasteiger partial charge in [0.2, 0.25) is 10.0 Å². The van der Waals surface area contributed by atoms with E-state index in [2.05, 4.69) is 5.32 Å². The number of sulfonamides is 1. The first-order chi connectivity index (χ1) is 13.8. The third-order valence-corrected chi connectivity index (χ3v) is 7.37. The van der Waals surface area contributed by atoms with E-state index in [-0.39, 0.29) is 16.2 Å². The molecule has 0 radical (unpaired) electrons. The number of hydrogen-bond acceptors (Lipinski definition) is 4. The molecule has 0 spiro atoms. The molecule has 8 heteroatoms. The van der Waals surface area contributed by atoms with Crippen molar-refractivity contribution in [3.63, 3.8) is 0 Å². The highest BCUT2D eigenvalue weighted by atomic mass is 35.5. The number of halogens is 1. The SMILES string of the molecule is COc1ccc(C(=O)Nc2ccc(C)c(Cl)c2)cc1S(=O)(=O)N1CCCCCC1. The predicted octanol–water partition coefficient (Wildman–Crippen LogP) is 4.47. The normalized spacial score (nSPS) is 15.6. The molecule has 1 aliphatic heterocycles. The Kier molecular flexibility index (Phi) is 6.82. The highest BCUT2D eigenvalue weighted by molar-refractivity contribution is 7.89. The van der Waals surface area contributed by atoms with E-state index in [0.29, 0.717) is 23.8 Å². The van der Waals surface area contributed by atoms with Gasteiger partial charge in [-0.3, -0.25) is 4.79 Å². The van der Waals surface area contributed by atoms with Crippen LogP contribution in [0.2, 0.25) is 5.02 Å². The summed E-state index contributed by atoms with van der Waals surface area (Å²) in [5.74, 6) is -0.191. The Labute approximate surface area is 176 Å². The zero-order chi connectivity index (χ0) is 21.0. The average Bonchev–Trinajstić information content (AvgIpc) is 3.00. The van der Waals surface area contributed by atoms with Crippen LogP contribution in [0.25, 0.3) is 0 Å². The van der Waals surface area contributed by atoms with E-state index in [1.54, 1.807) is 24.3 Å². The van der Waals surface area contributed by atoms with E-state index in [1.807, 2.05) is 6.92 Å². The van der Waals surface area contributed by atoms with Crippen molar-refractivity contribution in [2.45, 2.75) is 37.5 Å². The first-order valence-corrected chi connectivity index (χ1v) is 11.4. The minimum absolute atomic E-state index is 0.0106. The van der Waals surface area contributed by atoms with Crippen LogP contribution in [0.15, 0.2) is 41.3 Å². The summed E-state index contributed by atoms with van der Waals surface area (Å²) in [5, 5.41) is 3.30. The number of ether oxygens (including phenoxy) is 1. The van der Waals surface area contributed by atoms with Crippen LogP contribution >= 0.6 is 11.6 Å². The highest BCUT2D eigenvalue weighted by Gasteiger charge is 2.29. The van der Waals surface area contributed by atoms with Crippen molar-refractivity contribution in [3.05, 3.63) is 52.5 Å². The Hall–Kier alpha value is -2.09. The van der Waals surface area contributed by atoms with Gasteiger partial charge in [0.1, 0.15) is 10.6 Å². The Bertz CT molecular complexity index is 1000. The molecule has 156 valence electrons. The van der Waals surface area contributed by atoms with Gasteiger partial charge in [-0.2, -0.15) is 4.31 Å². The van der Waals surface area contributed by atoms with Crippen LogP contribution < -0.4 is 10.1 Å². The van der Waals surface area contributed by atoms with Crippen LogP contribution in [0.3, 0.4) is 0 Å². The summed E-state index contributed by atoms with van der Waals surface area (Å²) in [4.78, 5) is 12.7. The zero-order valence-corrected chi connectivity index (χ0v) is 18.1. The van der Waals surface area contributed by atoms with Crippen molar-refractivity contribution in [1.82, 2.24) is 4.31 Å². The van der Waals surface area contributed by atoms with Crippen molar-refractivity contribution in [1.29, 1.82) is 0 Å². The molecule has 1 heterocycles.